The predicted octanol–water partition coefficient (Wildman–Crippen LogP) is 1.58. The second-order valence-electron chi connectivity index (χ2n) is 5.40. The van der Waals surface area contributed by atoms with E-state index in [0.29, 0.717) is 24.3 Å². The van der Waals surface area contributed by atoms with Gasteiger partial charge in [0.05, 0.1) is 12.7 Å². The zero-order chi connectivity index (χ0) is 15.2. The minimum absolute atomic E-state index is 0.0332. The second kappa shape index (κ2) is 6.88. The van der Waals surface area contributed by atoms with Crippen LogP contribution in [0.3, 0.4) is 0 Å². The van der Waals surface area contributed by atoms with Gasteiger partial charge in [0, 0.05) is 24.7 Å². The third kappa shape index (κ3) is 5.69. The number of anilines is 1. The Balaban J connectivity index is 2.46. The second-order valence-corrected chi connectivity index (χ2v) is 5.40. The third-order valence-electron chi connectivity index (χ3n) is 2.35. The Hall–Kier alpha value is -2.11. The summed E-state index contributed by atoms with van der Waals surface area (Å²) in [5, 5.41) is 5.87. The highest BCUT2D eigenvalue weighted by Gasteiger charge is 2.13. The normalized spacial score (nSPS) is 10.8. The number of nitrogens with one attached hydrogen (secondary N) is 2. The van der Waals surface area contributed by atoms with Gasteiger partial charge in [0.1, 0.15) is 5.82 Å². The highest BCUT2D eigenvalue weighted by molar-refractivity contribution is 5.90. The number of pyridine rings is 1. The first-order chi connectivity index (χ1) is 9.31. The Morgan fingerprint density at radius 2 is 2.05 bits per heavy atom. The van der Waals surface area contributed by atoms with Gasteiger partial charge in [0.2, 0.25) is 5.91 Å². The minimum Gasteiger partial charge on any atom is -0.465 e. The molecule has 0 atom stereocenters. The fourth-order valence-corrected chi connectivity index (χ4v) is 1.56. The Bertz CT molecular complexity index is 481. The molecule has 20 heavy (non-hydrogen) atoms. The third-order valence-corrected chi connectivity index (χ3v) is 2.35. The summed E-state index contributed by atoms with van der Waals surface area (Å²) in [5.74, 6) is 0.0894. The number of hydrogen-bond acceptors (Lipinski definition) is 5. The number of aromatic nitrogens is 1. The molecule has 0 aliphatic heterocycles. The number of carbonyl (C=O) groups excluding carboxylic acids is 2. The van der Waals surface area contributed by atoms with Gasteiger partial charge in [-0.2, -0.15) is 0 Å². The predicted molar refractivity (Wildman–Crippen MR) is 76.6 cm³/mol. The summed E-state index contributed by atoms with van der Waals surface area (Å²) in [6.07, 6.45) is 1.85. The Morgan fingerprint density at radius 3 is 2.65 bits per heavy atom. The molecule has 1 amide bonds. The number of ether oxygens (including phenoxy) is 1. The van der Waals surface area contributed by atoms with Crippen LogP contribution in [0.5, 0.6) is 0 Å². The fraction of sp³-hybridized carbons (Fsp3) is 0.500. The standard InChI is InChI=1S/C14H21N3O3/c1-14(2,3)17-12(18)6-8-16-11-9-10(5-7-15-11)13(19)20-4/h5,7,9H,6,8H2,1-4H3,(H,15,16)(H,17,18). The molecule has 0 saturated carbocycles. The summed E-state index contributed by atoms with van der Waals surface area (Å²) in [7, 11) is 1.33. The molecule has 110 valence electrons. The van der Waals surface area contributed by atoms with E-state index < -0.39 is 5.97 Å². The zero-order valence-electron chi connectivity index (χ0n) is 12.3. The smallest absolute Gasteiger partial charge is 0.338 e. The quantitative estimate of drug-likeness (QED) is 0.800. The van der Waals surface area contributed by atoms with Gasteiger partial charge < -0.3 is 15.4 Å². The first-order valence-corrected chi connectivity index (χ1v) is 6.41. The largest absolute Gasteiger partial charge is 0.465 e. The van der Waals surface area contributed by atoms with Crippen molar-refractivity contribution in [2.45, 2.75) is 32.7 Å². The van der Waals surface area contributed by atoms with E-state index in [1.54, 1.807) is 12.1 Å². The van der Waals surface area contributed by atoms with Crippen LogP contribution in [-0.4, -0.2) is 36.1 Å². The lowest BCUT2D eigenvalue weighted by molar-refractivity contribution is -0.122. The Morgan fingerprint density at radius 1 is 1.35 bits per heavy atom. The number of amides is 1. The molecule has 0 aromatic carbocycles. The van der Waals surface area contributed by atoms with Crippen LogP contribution in [0.4, 0.5) is 5.82 Å². The van der Waals surface area contributed by atoms with Crippen LogP contribution in [0.25, 0.3) is 0 Å². The van der Waals surface area contributed by atoms with Crippen molar-refractivity contribution in [2.24, 2.45) is 0 Å². The van der Waals surface area contributed by atoms with Crippen LogP contribution in [0.15, 0.2) is 18.3 Å². The molecule has 0 spiro atoms. The van der Waals surface area contributed by atoms with Gasteiger partial charge in [0.25, 0.3) is 0 Å². The Labute approximate surface area is 118 Å². The summed E-state index contributed by atoms with van der Waals surface area (Å²) in [6.45, 7) is 6.23. The summed E-state index contributed by atoms with van der Waals surface area (Å²) in [5.41, 5.74) is 0.185. The van der Waals surface area contributed by atoms with Crippen molar-refractivity contribution in [2.75, 3.05) is 19.0 Å². The molecule has 0 saturated heterocycles. The van der Waals surface area contributed by atoms with E-state index in [1.165, 1.54) is 13.3 Å². The van der Waals surface area contributed by atoms with Gasteiger partial charge in [-0.15, -0.1) is 0 Å². The van der Waals surface area contributed by atoms with Crippen molar-refractivity contribution >= 4 is 17.7 Å². The van der Waals surface area contributed by atoms with E-state index >= 15 is 0 Å². The highest BCUT2D eigenvalue weighted by Crippen LogP contribution is 2.08. The van der Waals surface area contributed by atoms with Crippen molar-refractivity contribution in [3.05, 3.63) is 23.9 Å². The van der Waals surface area contributed by atoms with Crippen molar-refractivity contribution in [3.63, 3.8) is 0 Å². The van der Waals surface area contributed by atoms with E-state index in [2.05, 4.69) is 20.4 Å². The maximum Gasteiger partial charge on any atom is 0.338 e. The molecule has 6 nitrogen and oxygen atoms in total. The van der Waals surface area contributed by atoms with Crippen molar-refractivity contribution in [1.82, 2.24) is 10.3 Å². The van der Waals surface area contributed by atoms with Crippen LogP contribution in [0.1, 0.15) is 37.6 Å². The van der Waals surface area contributed by atoms with E-state index in [9.17, 15) is 9.59 Å². The van der Waals surface area contributed by atoms with Crippen molar-refractivity contribution < 1.29 is 14.3 Å². The summed E-state index contributed by atoms with van der Waals surface area (Å²) in [4.78, 5) is 27.1. The number of esters is 1. The summed E-state index contributed by atoms with van der Waals surface area (Å²) in [6, 6.07) is 3.16. The lowest BCUT2D eigenvalue weighted by Gasteiger charge is -2.20. The zero-order valence-corrected chi connectivity index (χ0v) is 12.3. The molecule has 0 fully saturated rings. The molecule has 1 aromatic heterocycles. The van der Waals surface area contributed by atoms with E-state index in [-0.39, 0.29) is 11.4 Å². The topological polar surface area (TPSA) is 80.3 Å². The lowest BCUT2D eigenvalue weighted by atomic mass is 10.1. The molecule has 1 heterocycles. The highest BCUT2D eigenvalue weighted by atomic mass is 16.5. The molecule has 1 aromatic rings. The summed E-state index contributed by atoms with van der Waals surface area (Å²) >= 11 is 0. The van der Waals surface area contributed by atoms with Crippen molar-refractivity contribution in [1.29, 1.82) is 0 Å². The number of methoxy groups -OCH3 is 1. The number of rotatable bonds is 5. The van der Waals surface area contributed by atoms with Gasteiger partial charge in [-0.25, -0.2) is 9.78 Å². The SMILES string of the molecule is COC(=O)c1ccnc(NCCC(=O)NC(C)(C)C)c1. The average molecular weight is 279 g/mol. The van der Waals surface area contributed by atoms with Crippen LogP contribution in [0.2, 0.25) is 0 Å². The first kappa shape index (κ1) is 15.9. The average Bonchev–Trinajstić information content (AvgIpc) is 2.36. The van der Waals surface area contributed by atoms with Gasteiger partial charge in [0.15, 0.2) is 0 Å². The van der Waals surface area contributed by atoms with Gasteiger partial charge in [-0.1, -0.05) is 0 Å². The molecular weight excluding hydrogens is 258 g/mol. The fourth-order valence-electron chi connectivity index (χ4n) is 1.56. The molecule has 0 radical (unpaired) electrons. The van der Waals surface area contributed by atoms with Crippen LogP contribution >= 0.6 is 0 Å². The Kier molecular flexibility index (Phi) is 5.49. The van der Waals surface area contributed by atoms with E-state index in [0.717, 1.165) is 0 Å². The minimum atomic E-state index is -0.416. The number of hydrogen-bond donors (Lipinski definition) is 2. The summed E-state index contributed by atoms with van der Waals surface area (Å²) < 4.78 is 4.63. The molecule has 2 N–H and O–H groups in total. The molecule has 1 rings (SSSR count). The van der Waals surface area contributed by atoms with Crippen LogP contribution in [0, 0.1) is 0 Å². The maximum atomic E-state index is 11.6. The van der Waals surface area contributed by atoms with Gasteiger partial charge in [-0.05, 0) is 32.9 Å². The first-order valence-electron chi connectivity index (χ1n) is 6.41. The lowest BCUT2D eigenvalue weighted by Crippen LogP contribution is -2.41. The van der Waals surface area contributed by atoms with E-state index in [1.807, 2.05) is 20.8 Å². The van der Waals surface area contributed by atoms with Gasteiger partial charge >= 0.3 is 5.97 Å². The molecular formula is C14H21N3O3. The molecule has 6 heteroatoms. The molecule has 0 unspecified atom stereocenters. The monoisotopic (exact) mass is 279 g/mol. The molecule has 0 aliphatic rings. The number of carbonyl (C=O) groups is 2. The maximum absolute atomic E-state index is 11.6. The van der Waals surface area contributed by atoms with E-state index in [4.69, 9.17) is 0 Å². The molecule has 0 aliphatic carbocycles. The molecule has 0 bridgehead atoms. The van der Waals surface area contributed by atoms with Crippen LogP contribution < -0.4 is 10.6 Å². The van der Waals surface area contributed by atoms with Crippen LogP contribution in [-0.2, 0) is 9.53 Å². The van der Waals surface area contributed by atoms with Crippen molar-refractivity contribution in [3.8, 4) is 0 Å². The van der Waals surface area contributed by atoms with Gasteiger partial charge in [-0.3, -0.25) is 4.79 Å². The number of nitrogens with zero attached hydrogens (tertiary/aromatic N) is 1.